The molecule has 1 aliphatic carbocycles. The van der Waals surface area contributed by atoms with Crippen LogP contribution in [0.1, 0.15) is 30.6 Å². The molecular weight excluding hydrogens is 474 g/mol. The van der Waals surface area contributed by atoms with E-state index in [4.69, 9.17) is 10.5 Å². The molecule has 9 heteroatoms. The number of aromatic nitrogens is 4. The van der Waals surface area contributed by atoms with Gasteiger partial charge in [-0.15, -0.1) is 0 Å². The maximum atomic E-state index is 11.1. The van der Waals surface area contributed by atoms with Crippen LogP contribution in [-0.2, 0) is 4.74 Å². The van der Waals surface area contributed by atoms with Gasteiger partial charge in [-0.05, 0) is 52.5 Å². The first-order valence-electron chi connectivity index (χ1n) is 10.6. The van der Waals surface area contributed by atoms with E-state index in [-0.39, 0.29) is 12.1 Å². The lowest BCUT2D eigenvalue weighted by Gasteiger charge is -2.26. The zero-order valence-electron chi connectivity index (χ0n) is 17.1. The highest BCUT2D eigenvalue weighted by Crippen LogP contribution is 2.54. The highest BCUT2D eigenvalue weighted by Gasteiger charge is 2.57. The number of pyridine rings is 1. The molecule has 0 unspecified atom stereocenters. The molecule has 1 aromatic carbocycles. The van der Waals surface area contributed by atoms with Gasteiger partial charge in [0.2, 0.25) is 0 Å². The van der Waals surface area contributed by atoms with Crippen molar-refractivity contribution in [1.82, 2.24) is 19.5 Å². The lowest BCUT2D eigenvalue weighted by molar-refractivity contribution is -0.0309. The number of nitrogens with two attached hydrogens (primary N) is 1. The molecule has 1 saturated heterocycles. The van der Waals surface area contributed by atoms with Gasteiger partial charge in [-0.1, -0.05) is 12.1 Å². The zero-order valence-corrected chi connectivity index (χ0v) is 18.7. The smallest absolute Gasteiger partial charge is 0.143 e. The summed E-state index contributed by atoms with van der Waals surface area (Å²) in [4.78, 5) is 12.9. The predicted molar refractivity (Wildman–Crippen MR) is 123 cm³/mol. The third kappa shape index (κ3) is 2.96. The molecule has 2 aliphatic rings. The maximum Gasteiger partial charge on any atom is 0.143 e. The summed E-state index contributed by atoms with van der Waals surface area (Å²) in [6, 6.07) is 9.63. The molecule has 4 N–H and O–H groups in total. The second kappa shape index (κ2) is 7.21. The number of nitrogens with zero attached hydrogens (tertiary/aromatic N) is 4. The Labute approximate surface area is 192 Å². The predicted octanol–water partition coefficient (Wildman–Crippen LogP) is 3.14. The van der Waals surface area contributed by atoms with Gasteiger partial charge >= 0.3 is 0 Å². The van der Waals surface area contributed by atoms with E-state index in [0.29, 0.717) is 25.3 Å². The van der Waals surface area contributed by atoms with Gasteiger partial charge in [0.1, 0.15) is 23.9 Å². The van der Waals surface area contributed by atoms with Gasteiger partial charge in [-0.25, -0.2) is 15.0 Å². The molecule has 164 valence electrons. The largest absolute Gasteiger partial charge is 0.390 e. The molecular formula is C23H22BrN5O3. The van der Waals surface area contributed by atoms with Crippen molar-refractivity contribution in [3.63, 3.8) is 0 Å². The standard InChI is InChI=1S/C23H22BrN5O3/c24-15-5-12-1-2-13(6-16(12)28-21(15)25)18-8-23(10-32-18)7-17(19(30)20(23)31)29-4-3-14-9-26-11-27-22(14)29/h1-6,9,11,17-20,30-31H,7-8,10H2,(H2,25,28)/t17-,18+,19+,20+,23-/m1/s1. The van der Waals surface area contributed by atoms with Crippen molar-refractivity contribution in [2.75, 3.05) is 12.3 Å². The fourth-order valence-electron chi connectivity index (χ4n) is 5.35. The molecule has 4 aromatic rings. The lowest BCUT2D eigenvalue weighted by Crippen LogP contribution is -2.37. The van der Waals surface area contributed by atoms with Crippen molar-refractivity contribution in [3.8, 4) is 0 Å². The normalized spacial score (nSPS) is 30.1. The number of fused-ring (bicyclic) bond motifs is 2. The van der Waals surface area contributed by atoms with E-state index in [1.165, 1.54) is 6.33 Å². The van der Waals surface area contributed by atoms with Crippen LogP contribution in [0.2, 0.25) is 0 Å². The fourth-order valence-corrected chi connectivity index (χ4v) is 5.68. The van der Waals surface area contributed by atoms with E-state index in [9.17, 15) is 10.2 Å². The number of rotatable bonds is 2. The molecule has 5 atom stereocenters. The molecule has 1 spiro atoms. The first-order chi connectivity index (χ1) is 15.4. The molecule has 3 aromatic heterocycles. The van der Waals surface area contributed by atoms with Gasteiger partial charge in [0.15, 0.2) is 0 Å². The average Bonchev–Trinajstić information content (AvgIpc) is 3.48. The SMILES string of the molecule is Nc1nc2cc([C@@H]3C[C@@]4(CO3)C[C@@H](n3ccc5cncnc53)[C@H](O)[C@@H]4O)ccc2cc1Br. The second-order valence-corrected chi connectivity index (χ2v) is 9.76. The Kier molecular flexibility index (Phi) is 4.52. The first-order valence-corrected chi connectivity index (χ1v) is 11.3. The Morgan fingerprint density at radius 2 is 2.03 bits per heavy atom. The van der Waals surface area contributed by atoms with Crippen LogP contribution in [0.5, 0.6) is 0 Å². The fraction of sp³-hybridized carbons (Fsp3) is 0.348. The summed E-state index contributed by atoms with van der Waals surface area (Å²) >= 11 is 3.42. The van der Waals surface area contributed by atoms with Crippen LogP contribution in [0.3, 0.4) is 0 Å². The molecule has 1 aliphatic heterocycles. The Balaban J connectivity index is 1.30. The summed E-state index contributed by atoms with van der Waals surface area (Å²) in [5.41, 5.74) is 7.98. The van der Waals surface area contributed by atoms with Crippen molar-refractivity contribution in [2.45, 2.75) is 37.2 Å². The van der Waals surface area contributed by atoms with Gasteiger partial charge in [-0.2, -0.15) is 0 Å². The Morgan fingerprint density at radius 3 is 2.91 bits per heavy atom. The van der Waals surface area contributed by atoms with E-state index >= 15 is 0 Å². The maximum absolute atomic E-state index is 11.1. The van der Waals surface area contributed by atoms with E-state index in [1.54, 1.807) is 6.20 Å². The Hall–Kier alpha value is -2.59. The minimum absolute atomic E-state index is 0.185. The Bertz CT molecular complexity index is 1340. The molecule has 2 fully saturated rings. The van der Waals surface area contributed by atoms with E-state index in [2.05, 4.69) is 30.9 Å². The molecule has 0 radical (unpaired) electrons. The molecule has 8 nitrogen and oxygen atoms in total. The molecule has 32 heavy (non-hydrogen) atoms. The van der Waals surface area contributed by atoms with Crippen molar-refractivity contribution in [3.05, 3.63) is 59.1 Å². The van der Waals surface area contributed by atoms with Crippen LogP contribution in [0.25, 0.3) is 21.9 Å². The first kappa shape index (κ1) is 20.0. The number of hydrogen-bond acceptors (Lipinski definition) is 7. The lowest BCUT2D eigenvalue weighted by atomic mass is 9.80. The van der Waals surface area contributed by atoms with Crippen LogP contribution in [0.4, 0.5) is 5.82 Å². The molecule has 4 heterocycles. The van der Waals surface area contributed by atoms with E-state index < -0.39 is 17.6 Å². The van der Waals surface area contributed by atoms with Gasteiger partial charge in [0.25, 0.3) is 0 Å². The van der Waals surface area contributed by atoms with Crippen LogP contribution in [0, 0.1) is 5.41 Å². The number of aliphatic hydroxyl groups excluding tert-OH is 2. The van der Waals surface area contributed by atoms with Gasteiger partial charge in [0, 0.05) is 28.6 Å². The Morgan fingerprint density at radius 1 is 1.16 bits per heavy atom. The third-order valence-electron chi connectivity index (χ3n) is 7.05. The van der Waals surface area contributed by atoms with E-state index in [1.807, 2.05) is 41.1 Å². The number of benzene rings is 1. The monoisotopic (exact) mass is 495 g/mol. The summed E-state index contributed by atoms with van der Waals surface area (Å²) in [6.07, 6.45) is 4.40. The summed E-state index contributed by atoms with van der Waals surface area (Å²) in [7, 11) is 0. The number of halogens is 1. The zero-order chi connectivity index (χ0) is 22.0. The van der Waals surface area contributed by atoms with Crippen molar-refractivity contribution < 1.29 is 14.9 Å². The summed E-state index contributed by atoms with van der Waals surface area (Å²) in [5.74, 6) is 0.443. The van der Waals surface area contributed by atoms with Crippen LogP contribution in [0.15, 0.2) is 53.5 Å². The number of ether oxygens (including phenoxy) is 1. The van der Waals surface area contributed by atoms with Crippen LogP contribution >= 0.6 is 15.9 Å². The van der Waals surface area contributed by atoms with Crippen molar-refractivity contribution >= 4 is 43.7 Å². The highest BCUT2D eigenvalue weighted by atomic mass is 79.9. The molecule has 1 saturated carbocycles. The van der Waals surface area contributed by atoms with Gasteiger partial charge < -0.3 is 25.3 Å². The molecule has 0 bridgehead atoms. The summed E-state index contributed by atoms with van der Waals surface area (Å²) < 4.78 is 8.90. The molecule has 0 amide bonds. The van der Waals surface area contributed by atoms with Crippen molar-refractivity contribution in [1.29, 1.82) is 0 Å². The number of hydrogen-bond donors (Lipinski definition) is 3. The number of aliphatic hydroxyl groups is 2. The average molecular weight is 496 g/mol. The van der Waals surface area contributed by atoms with Gasteiger partial charge in [0.05, 0.1) is 34.8 Å². The van der Waals surface area contributed by atoms with Gasteiger partial charge in [-0.3, -0.25) is 0 Å². The molecule has 6 rings (SSSR count). The topological polar surface area (TPSA) is 119 Å². The highest BCUT2D eigenvalue weighted by molar-refractivity contribution is 9.10. The second-order valence-electron chi connectivity index (χ2n) is 8.91. The van der Waals surface area contributed by atoms with Crippen LogP contribution < -0.4 is 5.73 Å². The number of nitrogen functional groups attached to an aromatic ring is 1. The minimum atomic E-state index is -0.904. The quantitative estimate of drug-likeness (QED) is 0.390. The van der Waals surface area contributed by atoms with Crippen molar-refractivity contribution in [2.24, 2.45) is 5.41 Å². The van der Waals surface area contributed by atoms with E-state index in [0.717, 1.165) is 32.0 Å². The minimum Gasteiger partial charge on any atom is -0.390 e. The number of anilines is 1. The van der Waals surface area contributed by atoms with Crippen LogP contribution in [-0.4, -0.2) is 48.5 Å². The summed E-state index contributed by atoms with van der Waals surface area (Å²) in [5, 5.41) is 23.9. The summed E-state index contributed by atoms with van der Waals surface area (Å²) in [6.45, 7) is 0.383. The third-order valence-corrected chi connectivity index (χ3v) is 7.69.